The lowest BCUT2D eigenvalue weighted by molar-refractivity contribution is 0.332. The molecule has 3 aliphatic carbocycles. The Balaban J connectivity index is 1.29. The van der Waals surface area contributed by atoms with Crippen molar-refractivity contribution in [3.63, 3.8) is 0 Å². The van der Waals surface area contributed by atoms with Crippen LogP contribution in [0.2, 0.25) is 0 Å². The fourth-order valence-corrected chi connectivity index (χ4v) is 14.4. The van der Waals surface area contributed by atoms with Gasteiger partial charge >= 0.3 is 0 Å². The Morgan fingerprint density at radius 1 is 0.453 bits per heavy atom. The third kappa shape index (κ3) is 5.77. The molecule has 2 aliphatic heterocycles. The highest BCUT2D eigenvalue weighted by Gasteiger charge is 2.50. The van der Waals surface area contributed by atoms with Gasteiger partial charge in [-0.15, -0.1) is 0 Å². The summed E-state index contributed by atoms with van der Waals surface area (Å²) in [7, 11) is 0. The molecule has 0 aromatic heterocycles. The van der Waals surface area contributed by atoms with E-state index in [1.165, 1.54) is 60.9 Å². The van der Waals surface area contributed by atoms with E-state index in [9.17, 15) is 4.11 Å². The van der Waals surface area contributed by atoms with Crippen LogP contribution in [0.25, 0.3) is 11.1 Å². The highest BCUT2D eigenvalue weighted by molar-refractivity contribution is 7.00. The molecule has 0 radical (unpaired) electrons. The number of nitrogens with zero attached hydrogens (tertiary/aromatic N) is 2. The number of aryl methyl sites for hydroxylation is 2. The first-order valence-electron chi connectivity index (χ1n) is 25.6. The molecule has 6 aromatic rings. The predicted octanol–water partition coefficient (Wildman–Crippen LogP) is 14.6. The molecule has 0 bridgehead atoms. The highest BCUT2D eigenvalue weighted by atomic mass is 15.2. The molecule has 11 rings (SSSR count). The van der Waals surface area contributed by atoms with Crippen molar-refractivity contribution in [1.82, 2.24) is 0 Å². The average molecular weight is 844 g/mol. The van der Waals surface area contributed by atoms with E-state index in [4.69, 9.17) is 0 Å². The zero-order valence-corrected chi connectivity index (χ0v) is 41.0. The summed E-state index contributed by atoms with van der Waals surface area (Å²) in [4.78, 5) is 4.98. The quantitative estimate of drug-likeness (QED) is 0.164. The summed E-state index contributed by atoms with van der Waals surface area (Å²) in [5, 5.41) is 0. The van der Waals surface area contributed by atoms with Gasteiger partial charge in [0, 0.05) is 38.2 Å². The van der Waals surface area contributed by atoms with Gasteiger partial charge in [0.05, 0.1) is 0 Å². The van der Waals surface area contributed by atoms with Crippen LogP contribution in [0.3, 0.4) is 0 Å². The van der Waals surface area contributed by atoms with Crippen molar-refractivity contribution >= 4 is 57.2 Å². The van der Waals surface area contributed by atoms with Crippen LogP contribution < -0.4 is 26.2 Å². The van der Waals surface area contributed by atoms with Gasteiger partial charge in [-0.05, 0) is 193 Å². The minimum absolute atomic E-state index is 0.0203. The van der Waals surface area contributed by atoms with Crippen molar-refractivity contribution in [2.45, 2.75) is 162 Å². The Bertz CT molecular complexity index is 3110. The monoisotopic (exact) mass is 844 g/mol. The normalized spacial score (nSPS) is 21.4. The smallest absolute Gasteiger partial charge is 0.252 e. The maximum Gasteiger partial charge on any atom is 0.252 e. The zero-order chi connectivity index (χ0) is 47.9. The Labute approximate surface area is 389 Å². The van der Waals surface area contributed by atoms with Crippen molar-refractivity contribution in [2.75, 3.05) is 9.80 Å². The summed E-state index contributed by atoms with van der Waals surface area (Å²) in [6.45, 7) is 31.0. The molecule has 5 aliphatic rings. The van der Waals surface area contributed by atoms with Crippen LogP contribution in [0.15, 0.2) is 97.1 Å². The first-order valence-corrected chi connectivity index (χ1v) is 24.1. The summed E-state index contributed by atoms with van der Waals surface area (Å²) in [5.41, 5.74) is 23.8. The van der Waals surface area contributed by atoms with E-state index in [2.05, 4.69) is 192 Å². The van der Waals surface area contributed by atoms with Crippen LogP contribution in [0.1, 0.15) is 163 Å². The lowest BCUT2D eigenvalue weighted by Crippen LogP contribution is -2.61. The van der Waals surface area contributed by atoms with Gasteiger partial charge in [-0.25, -0.2) is 0 Å². The van der Waals surface area contributed by atoms with Crippen molar-refractivity contribution in [3.8, 4) is 11.1 Å². The average Bonchev–Trinajstić information content (AvgIpc) is 3.55. The molecular weight excluding hydrogens is 771 g/mol. The molecule has 6 aromatic carbocycles. The van der Waals surface area contributed by atoms with Gasteiger partial charge in [-0.2, -0.15) is 0 Å². The summed E-state index contributed by atoms with van der Waals surface area (Å²) in [6.07, 6.45) is 4.37. The number of anilines is 6. The van der Waals surface area contributed by atoms with Crippen molar-refractivity contribution in [1.29, 1.82) is 0 Å². The molecule has 0 fully saturated rings. The number of benzene rings is 6. The molecule has 0 amide bonds. The number of hydrogen-bond acceptors (Lipinski definition) is 2. The van der Waals surface area contributed by atoms with E-state index in [0.29, 0.717) is 5.56 Å². The van der Waals surface area contributed by atoms with Crippen molar-refractivity contribution in [3.05, 3.63) is 147 Å². The second-order valence-electron chi connectivity index (χ2n) is 24.6. The minimum Gasteiger partial charge on any atom is -0.311 e. The molecule has 0 atom stereocenters. The maximum absolute atomic E-state index is 9.20. The Morgan fingerprint density at radius 3 is 1.66 bits per heavy atom. The van der Waals surface area contributed by atoms with Gasteiger partial charge in [0.1, 0.15) is 0 Å². The van der Waals surface area contributed by atoms with E-state index in [-0.39, 0.29) is 39.2 Å². The van der Waals surface area contributed by atoms with Crippen LogP contribution >= 0.6 is 0 Å². The molecule has 3 heteroatoms. The molecule has 2 heterocycles. The first-order chi connectivity index (χ1) is 31.1. The Morgan fingerprint density at radius 2 is 1.00 bits per heavy atom. The van der Waals surface area contributed by atoms with Crippen LogP contribution in [0.4, 0.5) is 34.1 Å². The molecule has 0 saturated heterocycles. The first kappa shape index (κ1) is 38.3. The number of fused-ring (bicyclic) bond motifs is 7. The maximum atomic E-state index is 9.20. The van der Waals surface area contributed by atoms with Gasteiger partial charge < -0.3 is 9.80 Å². The predicted molar refractivity (Wildman–Crippen MR) is 277 cm³/mol. The van der Waals surface area contributed by atoms with Crippen molar-refractivity contribution < 1.29 is 4.11 Å². The van der Waals surface area contributed by atoms with E-state index in [1.54, 1.807) is 0 Å². The van der Waals surface area contributed by atoms with E-state index < -0.39 is 6.85 Å². The molecule has 0 spiro atoms. The minimum atomic E-state index is -2.36. The third-order valence-corrected chi connectivity index (χ3v) is 17.0. The third-order valence-electron chi connectivity index (χ3n) is 17.0. The molecule has 0 unspecified atom stereocenters. The zero-order valence-electron chi connectivity index (χ0n) is 44.0. The van der Waals surface area contributed by atoms with E-state index in [0.717, 1.165) is 70.9 Å². The van der Waals surface area contributed by atoms with Gasteiger partial charge in [-0.3, -0.25) is 0 Å². The molecule has 0 saturated carbocycles. The SMILES string of the molecule is [2H]C([2H])([2H])c1cc2c3c(c1)N(c1ccc4c(c1C)C(C)(C)CC4(C)C)c1cc4c(cc1B3c1ccc(-c3ccccc3)cc1N2c1cc2c(cc1C)C(C)(C)CCC2(C)C)C(C)(C)CC4(C)C. The van der Waals surface area contributed by atoms with Crippen LogP contribution in [-0.4, -0.2) is 6.71 Å². The second kappa shape index (κ2) is 13.1. The molecule has 326 valence electrons. The second-order valence-corrected chi connectivity index (χ2v) is 24.6. The topological polar surface area (TPSA) is 6.48 Å². The summed E-state index contributed by atoms with van der Waals surface area (Å²) in [6, 6.07) is 36.7. The van der Waals surface area contributed by atoms with Gasteiger partial charge in [0.2, 0.25) is 0 Å². The summed E-state index contributed by atoms with van der Waals surface area (Å²) < 4.78 is 27.6. The lowest BCUT2D eigenvalue weighted by Gasteiger charge is -2.47. The fourth-order valence-electron chi connectivity index (χ4n) is 14.4. The largest absolute Gasteiger partial charge is 0.311 e. The van der Waals surface area contributed by atoms with Gasteiger partial charge in [-0.1, -0.05) is 144 Å². The van der Waals surface area contributed by atoms with Gasteiger partial charge in [0.15, 0.2) is 0 Å². The Kier molecular flexibility index (Phi) is 7.82. The Hall–Kier alpha value is -5.02. The van der Waals surface area contributed by atoms with Crippen LogP contribution in [0, 0.1) is 20.7 Å². The van der Waals surface area contributed by atoms with Gasteiger partial charge in [0.25, 0.3) is 6.71 Å². The van der Waals surface area contributed by atoms with Crippen molar-refractivity contribution in [2.24, 2.45) is 0 Å². The molecule has 64 heavy (non-hydrogen) atoms. The number of rotatable bonds is 3. The van der Waals surface area contributed by atoms with E-state index >= 15 is 0 Å². The summed E-state index contributed by atoms with van der Waals surface area (Å²) >= 11 is 0. The standard InChI is InChI=1S/C61H69BN2/c1-36-27-52-55-53(28-36)64(49-32-44-42(29-37(49)2)56(4,5)25-26-57(44,6)7)50-30-40(39-19-17-16-18-20-39)21-23-46(50)62(55)47-31-43-45(60(12,13)34-59(43,10)11)33-51(47)63(52)48-24-22-41-54(38(48)3)61(14,15)35-58(41,8)9/h16-24,27-33H,25-26,34-35H2,1-15H3/i1D3. The fraction of sp³-hybridized carbons (Fsp3) is 0.410. The highest BCUT2D eigenvalue weighted by Crippen LogP contribution is 2.57. The lowest BCUT2D eigenvalue weighted by atomic mass is 9.33. The summed E-state index contributed by atoms with van der Waals surface area (Å²) in [5.74, 6) is 0. The van der Waals surface area contributed by atoms with E-state index in [1.807, 2.05) is 12.1 Å². The van der Waals surface area contributed by atoms with Crippen LogP contribution in [-0.2, 0) is 32.5 Å². The number of hydrogen-bond donors (Lipinski definition) is 0. The molecule has 2 nitrogen and oxygen atoms in total. The molecular formula is C61H69BN2. The molecule has 0 N–H and O–H groups in total. The van der Waals surface area contributed by atoms with Crippen LogP contribution in [0.5, 0.6) is 0 Å².